The van der Waals surface area contributed by atoms with Crippen LogP contribution in [0.4, 0.5) is 5.82 Å². The Morgan fingerprint density at radius 3 is 2.50 bits per heavy atom. The lowest BCUT2D eigenvalue weighted by atomic mass is 10.0. The summed E-state index contributed by atoms with van der Waals surface area (Å²) in [4.78, 5) is 48.6. The average Bonchev–Trinajstić information content (AvgIpc) is 3.13. The summed E-state index contributed by atoms with van der Waals surface area (Å²) in [6.07, 6.45) is 6.32. The summed E-state index contributed by atoms with van der Waals surface area (Å²) >= 11 is 0. The number of rotatable bonds is 8. The Kier molecular flexibility index (Phi) is 6.76. The predicted octanol–water partition coefficient (Wildman–Crippen LogP) is 1.24. The van der Waals surface area contributed by atoms with Gasteiger partial charge in [0.1, 0.15) is 11.4 Å². The van der Waals surface area contributed by atoms with Crippen molar-refractivity contribution in [2.75, 3.05) is 12.3 Å². The molecule has 1 aromatic rings. The summed E-state index contributed by atoms with van der Waals surface area (Å²) in [5, 5.41) is 0. The molecule has 8 heteroatoms. The van der Waals surface area contributed by atoms with Gasteiger partial charge in [-0.05, 0) is 18.8 Å². The van der Waals surface area contributed by atoms with E-state index < -0.39 is 29.6 Å². The van der Waals surface area contributed by atoms with E-state index in [1.54, 1.807) is 0 Å². The van der Waals surface area contributed by atoms with Crippen molar-refractivity contribution in [3.8, 4) is 0 Å². The Morgan fingerprint density at radius 1 is 1.23 bits per heavy atom. The molecular formula is C18H27N3O5. The summed E-state index contributed by atoms with van der Waals surface area (Å²) in [7, 11) is 1.29. The third-order valence-corrected chi connectivity index (χ3v) is 4.91. The lowest BCUT2D eigenvalue weighted by molar-refractivity contribution is -0.142. The second-order valence-corrected chi connectivity index (χ2v) is 6.83. The maximum atomic E-state index is 12.4. The maximum absolute atomic E-state index is 12.4. The lowest BCUT2D eigenvalue weighted by Crippen LogP contribution is -2.43. The molecule has 8 nitrogen and oxygen atoms in total. The Morgan fingerprint density at radius 2 is 1.88 bits per heavy atom. The zero-order valence-electron chi connectivity index (χ0n) is 15.5. The van der Waals surface area contributed by atoms with Crippen molar-refractivity contribution in [1.29, 1.82) is 0 Å². The minimum absolute atomic E-state index is 0.174. The Labute approximate surface area is 151 Å². The molecule has 0 spiro atoms. The number of carbonyl (C=O) groups is 2. The topological polar surface area (TPSA) is 113 Å². The normalized spacial score (nSPS) is 14.5. The fourth-order valence-corrected chi connectivity index (χ4v) is 3.40. The molecule has 1 fully saturated rings. The number of ketones is 1. The fraction of sp³-hybridized carbons (Fsp3) is 0.667. The van der Waals surface area contributed by atoms with E-state index in [0.29, 0.717) is 18.9 Å². The number of nitrogens with zero attached hydrogens (tertiary/aromatic N) is 2. The first kappa shape index (κ1) is 19.9. The molecule has 0 aromatic carbocycles. The number of ether oxygens (including phenoxy) is 1. The van der Waals surface area contributed by atoms with Crippen LogP contribution in [0.3, 0.4) is 0 Å². The summed E-state index contributed by atoms with van der Waals surface area (Å²) in [5.41, 5.74) is 4.23. The highest BCUT2D eigenvalue weighted by Gasteiger charge is 2.23. The van der Waals surface area contributed by atoms with E-state index in [1.165, 1.54) is 24.5 Å². The zero-order valence-corrected chi connectivity index (χ0v) is 15.5. The highest BCUT2D eigenvalue weighted by molar-refractivity contribution is 6.01. The van der Waals surface area contributed by atoms with Crippen LogP contribution in [0.1, 0.15) is 62.2 Å². The standard InChI is InChI=1S/C18H27N3O5/c1-3-10-21-16(19)15(17(24)20(2)18(21)25)13(22)11-26-14(23)9-8-12-6-4-5-7-12/h12H,3-11,19H2,1-2H3. The number of nitrogen functional groups attached to an aromatic ring is 1. The number of hydrogen-bond acceptors (Lipinski definition) is 6. The second-order valence-electron chi connectivity index (χ2n) is 6.83. The molecule has 0 radical (unpaired) electrons. The monoisotopic (exact) mass is 365 g/mol. The van der Waals surface area contributed by atoms with E-state index in [0.717, 1.165) is 23.8 Å². The fourth-order valence-electron chi connectivity index (χ4n) is 3.40. The van der Waals surface area contributed by atoms with Gasteiger partial charge in [-0.3, -0.25) is 23.5 Å². The Bertz CT molecular complexity index is 787. The van der Waals surface area contributed by atoms with Crippen molar-refractivity contribution in [2.45, 2.75) is 58.4 Å². The highest BCUT2D eigenvalue weighted by Crippen LogP contribution is 2.28. The number of aromatic nitrogens is 2. The number of Topliss-reactive ketones (excluding diaryl/α,β-unsaturated/α-hetero) is 1. The van der Waals surface area contributed by atoms with Gasteiger partial charge in [0.25, 0.3) is 5.56 Å². The average molecular weight is 365 g/mol. The van der Waals surface area contributed by atoms with Gasteiger partial charge < -0.3 is 10.5 Å². The van der Waals surface area contributed by atoms with Crippen LogP contribution in [-0.4, -0.2) is 27.5 Å². The highest BCUT2D eigenvalue weighted by atomic mass is 16.5. The van der Waals surface area contributed by atoms with Gasteiger partial charge in [0.05, 0.1) is 0 Å². The number of nitrogens with two attached hydrogens (primary N) is 1. The van der Waals surface area contributed by atoms with Crippen LogP contribution in [0.5, 0.6) is 0 Å². The predicted molar refractivity (Wildman–Crippen MR) is 97.1 cm³/mol. The van der Waals surface area contributed by atoms with Crippen molar-refractivity contribution in [3.05, 3.63) is 26.4 Å². The summed E-state index contributed by atoms with van der Waals surface area (Å²) in [6, 6.07) is 0. The number of anilines is 1. The van der Waals surface area contributed by atoms with E-state index >= 15 is 0 Å². The number of hydrogen-bond donors (Lipinski definition) is 1. The molecule has 1 aliphatic carbocycles. The molecule has 0 amide bonds. The van der Waals surface area contributed by atoms with E-state index in [2.05, 4.69) is 0 Å². The molecule has 144 valence electrons. The molecule has 0 saturated heterocycles. The van der Waals surface area contributed by atoms with Crippen molar-refractivity contribution in [2.24, 2.45) is 13.0 Å². The molecule has 1 saturated carbocycles. The van der Waals surface area contributed by atoms with Crippen LogP contribution in [0.15, 0.2) is 9.59 Å². The van der Waals surface area contributed by atoms with Crippen LogP contribution in [0.2, 0.25) is 0 Å². The molecular weight excluding hydrogens is 338 g/mol. The van der Waals surface area contributed by atoms with Crippen LogP contribution in [-0.2, 0) is 23.1 Å². The third-order valence-electron chi connectivity index (χ3n) is 4.91. The molecule has 0 unspecified atom stereocenters. The van der Waals surface area contributed by atoms with Gasteiger partial charge in [-0.2, -0.15) is 0 Å². The van der Waals surface area contributed by atoms with Crippen molar-refractivity contribution in [3.63, 3.8) is 0 Å². The van der Waals surface area contributed by atoms with E-state index in [4.69, 9.17) is 10.5 Å². The van der Waals surface area contributed by atoms with Gasteiger partial charge >= 0.3 is 11.7 Å². The SMILES string of the molecule is CCCn1c(N)c(C(=O)COC(=O)CCC2CCCC2)c(=O)n(C)c1=O. The summed E-state index contributed by atoms with van der Waals surface area (Å²) in [6.45, 7) is 1.60. The first-order chi connectivity index (χ1) is 12.4. The van der Waals surface area contributed by atoms with Gasteiger partial charge in [-0.1, -0.05) is 32.6 Å². The van der Waals surface area contributed by atoms with E-state index in [9.17, 15) is 19.2 Å². The van der Waals surface area contributed by atoms with Gasteiger partial charge in [0.15, 0.2) is 6.61 Å². The molecule has 2 N–H and O–H groups in total. The molecule has 1 aliphatic rings. The maximum Gasteiger partial charge on any atom is 0.332 e. The van der Waals surface area contributed by atoms with Gasteiger partial charge in [-0.25, -0.2) is 4.79 Å². The second kappa shape index (κ2) is 8.82. The summed E-state index contributed by atoms with van der Waals surface area (Å²) < 4.78 is 7.06. The first-order valence-corrected chi connectivity index (χ1v) is 9.14. The molecule has 1 aromatic heterocycles. The summed E-state index contributed by atoms with van der Waals surface area (Å²) in [5.74, 6) is -0.768. The molecule has 1 heterocycles. The minimum atomic E-state index is -0.771. The van der Waals surface area contributed by atoms with E-state index in [1.807, 2.05) is 6.92 Å². The van der Waals surface area contributed by atoms with Gasteiger partial charge in [0.2, 0.25) is 5.78 Å². The van der Waals surface area contributed by atoms with Crippen LogP contribution < -0.4 is 17.0 Å². The molecule has 0 atom stereocenters. The smallest absolute Gasteiger partial charge is 0.332 e. The quantitative estimate of drug-likeness (QED) is 0.548. The van der Waals surface area contributed by atoms with Crippen LogP contribution in [0.25, 0.3) is 0 Å². The van der Waals surface area contributed by atoms with Crippen molar-refractivity contribution < 1.29 is 14.3 Å². The van der Waals surface area contributed by atoms with Gasteiger partial charge in [0, 0.05) is 20.0 Å². The van der Waals surface area contributed by atoms with Crippen molar-refractivity contribution in [1.82, 2.24) is 9.13 Å². The Balaban J connectivity index is 2.05. The molecule has 2 rings (SSSR count). The third kappa shape index (κ3) is 4.42. The Hall–Kier alpha value is -2.38. The van der Waals surface area contributed by atoms with Crippen molar-refractivity contribution >= 4 is 17.6 Å². The lowest BCUT2D eigenvalue weighted by Gasteiger charge is -2.14. The first-order valence-electron chi connectivity index (χ1n) is 9.14. The number of esters is 1. The van der Waals surface area contributed by atoms with Gasteiger partial charge in [-0.15, -0.1) is 0 Å². The number of carbonyl (C=O) groups excluding carboxylic acids is 2. The van der Waals surface area contributed by atoms with E-state index in [-0.39, 0.29) is 17.8 Å². The molecule has 26 heavy (non-hydrogen) atoms. The molecule has 0 bridgehead atoms. The largest absolute Gasteiger partial charge is 0.457 e. The minimum Gasteiger partial charge on any atom is -0.457 e. The molecule has 0 aliphatic heterocycles. The zero-order chi connectivity index (χ0) is 19.3. The van der Waals surface area contributed by atoms with Crippen LogP contribution >= 0.6 is 0 Å². The van der Waals surface area contributed by atoms with Crippen LogP contribution in [0, 0.1) is 5.92 Å².